The van der Waals surface area contributed by atoms with Gasteiger partial charge in [0.25, 0.3) is 0 Å². The Hall–Kier alpha value is -0.0800. The molecule has 0 amide bonds. The van der Waals surface area contributed by atoms with Gasteiger partial charge in [0.05, 0.1) is 0 Å². The fourth-order valence-corrected chi connectivity index (χ4v) is 5.21. The van der Waals surface area contributed by atoms with Crippen molar-refractivity contribution in [3.8, 4) is 0 Å². The quantitative estimate of drug-likeness (QED) is 0.776. The van der Waals surface area contributed by atoms with E-state index in [9.17, 15) is 0 Å². The molecule has 1 saturated heterocycles. The van der Waals surface area contributed by atoms with E-state index in [0.717, 1.165) is 17.3 Å². The fourth-order valence-electron chi connectivity index (χ4n) is 5.21. The SMILES string of the molecule is CC(C)CC1(CNCC2CC23CCNCC3)CCCC1. The molecule has 0 aromatic carbocycles. The average molecular weight is 278 g/mol. The lowest BCUT2D eigenvalue weighted by Gasteiger charge is -2.32. The fraction of sp³-hybridized carbons (Fsp3) is 1.00. The lowest BCUT2D eigenvalue weighted by Crippen LogP contribution is -2.36. The van der Waals surface area contributed by atoms with Crippen LogP contribution in [0.3, 0.4) is 0 Å². The zero-order valence-corrected chi connectivity index (χ0v) is 13.6. The molecule has 2 N–H and O–H groups in total. The summed E-state index contributed by atoms with van der Waals surface area (Å²) >= 11 is 0. The van der Waals surface area contributed by atoms with Crippen LogP contribution in [0, 0.1) is 22.7 Å². The van der Waals surface area contributed by atoms with Gasteiger partial charge in [0, 0.05) is 6.54 Å². The molecule has 3 fully saturated rings. The molecule has 2 saturated carbocycles. The maximum absolute atomic E-state index is 3.89. The van der Waals surface area contributed by atoms with E-state index in [4.69, 9.17) is 0 Å². The number of nitrogens with one attached hydrogen (secondary N) is 2. The van der Waals surface area contributed by atoms with E-state index in [1.807, 2.05) is 0 Å². The van der Waals surface area contributed by atoms with Gasteiger partial charge in [-0.15, -0.1) is 0 Å². The third kappa shape index (κ3) is 3.22. The monoisotopic (exact) mass is 278 g/mol. The molecule has 1 aliphatic heterocycles. The summed E-state index contributed by atoms with van der Waals surface area (Å²) in [6.07, 6.45) is 11.7. The summed E-state index contributed by atoms with van der Waals surface area (Å²) in [6.45, 7) is 9.88. The van der Waals surface area contributed by atoms with Crippen LogP contribution in [0.25, 0.3) is 0 Å². The number of hydrogen-bond donors (Lipinski definition) is 2. The van der Waals surface area contributed by atoms with Crippen LogP contribution in [-0.2, 0) is 0 Å². The minimum atomic E-state index is 0.643. The van der Waals surface area contributed by atoms with Crippen LogP contribution in [-0.4, -0.2) is 26.2 Å². The van der Waals surface area contributed by atoms with Gasteiger partial charge in [-0.1, -0.05) is 26.7 Å². The van der Waals surface area contributed by atoms with Crippen molar-refractivity contribution >= 4 is 0 Å². The molecule has 2 aliphatic carbocycles. The Labute approximate surface area is 125 Å². The van der Waals surface area contributed by atoms with Gasteiger partial charge in [-0.05, 0) is 80.8 Å². The van der Waals surface area contributed by atoms with E-state index >= 15 is 0 Å². The number of piperidine rings is 1. The third-order valence-electron chi connectivity index (χ3n) is 6.35. The highest BCUT2D eigenvalue weighted by Crippen LogP contribution is 2.58. The van der Waals surface area contributed by atoms with Crippen molar-refractivity contribution in [1.82, 2.24) is 10.6 Å². The second-order valence-electron chi connectivity index (χ2n) is 8.45. The predicted octanol–water partition coefficient (Wildman–Crippen LogP) is 3.57. The van der Waals surface area contributed by atoms with Gasteiger partial charge in [0.1, 0.15) is 0 Å². The van der Waals surface area contributed by atoms with Crippen LogP contribution in [0.2, 0.25) is 0 Å². The molecule has 3 rings (SSSR count). The summed E-state index contributed by atoms with van der Waals surface area (Å²) in [4.78, 5) is 0. The van der Waals surface area contributed by atoms with Crippen molar-refractivity contribution in [2.75, 3.05) is 26.2 Å². The van der Waals surface area contributed by atoms with E-state index in [1.54, 1.807) is 0 Å². The zero-order chi connectivity index (χ0) is 14.1. The Morgan fingerprint density at radius 2 is 1.80 bits per heavy atom. The van der Waals surface area contributed by atoms with Gasteiger partial charge in [-0.25, -0.2) is 0 Å². The minimum absolute atomic E-state index is 0.643. The Morgan fingerprint density at radius 1 is 1.10 bits per heavy atom. The number of rotatable bonds is 6. The summed E-state index contributed by atoms with van der Waals surface area (Å²) in [7, 11) is 0. The summed E-state index contributed by atoms with van der Waals surface area (Å²) in [6, 6.07) is 0. The van der Waals surface area contributed by atoms with Crippen LogP contribution in [0.4, 0.5) is 0 Å². The van der Waals surface area contributed by atoms with Crippen LogP contribution >= 0.6 is 0 Å². The third-order valence-corrected chi connectivity index (χ3v) is 6.35. The number of hydrogen-bond acceptors (Lipinski definition) is 2. The molecule has 0 aromatic rings. The smallest absolute Gasteiger partial charge is 0.000802 e. The molecule has 0 radical (unpaired) electrons. The Bertz CT molecular complexity index is 311. The van der Waals surface area contributed by atoms with Crippen molar-refractivity contribution in [2.24, 2.45) is 22.7 Å². The predicted molar refractivity (Wildman–Crippen MR) is 85.9 cm³/mol. The second-order valence-corrected chi connectivity index (χ2v) is 8.45. The Balaban J connectivity index is 1.42. The van der Waals surface area contributed by atoms with E-state index in [-0.39, 0.29) is 0 Å². The standard InChI is InChI=1S/C18H34N2/c1-15(2)11-17(5-3-4-6-17)14-20-13-16-12-18(16)7-9-19-10-8-18/h15-16,19-20H,3-14H2,1-2H3. The van der Waals surface area contributed by atoms with Gasteiger partial charge in [0.15, 0.2) is 0 Å². The molecule has 2 nitrogen and oxygen atoms in total. The first-order chi connectivity index (χ1) is 9.64. The largest absolute Gasteiger partial charge is 0.317 e. The lowest BCUT2D eigenvalue weighted by atomic mass is 9.78. The molecule has 1 unspecified atom stereocenters. The van der Waals surface area contributed by atoms with Crippen molar-refractivity contribution < 1.29 is 0 Å². The highest BCUT2D eigenvalue weighted by molar-refractivity contribution is 5.05. The molecule has 116 valence electrons. The normalized spacial score (nSPS) is 31.1. The average Bonchev–Trinajstić information content (AvgIpc) is 2.85. The van der Waals surface area contributed by atoms with Crippen molar-refractivity contribution in [3.05, 3.63) is 0 Å². The second kappa shape index (κ2) is 5.96. The molecule has 0 aromatic heterocycles. The van der Waals surface area contributed by atoms with Gasteiger partial charge in [0.2, 0.25) is 0 Å². The van der Waals surface area contributed by atoms with Crippen molar-refractivity contribution in [3.63, 3.8) is 0 Å². The minimum Gasteiger partial charge on any atom is -0.317 e. The topological polar surface area (TPSA) is 24.1 Å². The first-order valence-electron chi connectivity index (χ1n) is 9.06. The molecule has 1 spiro atoms. The summed E-state index contributed by atoms with van der Waals surface area (Å²) in [5.41, 5.74) is 1.39. The van der Waals surface area contributed by atoms with Crippen LogP contribution in [0.1, 0.15) is 65.2 Å². The van der Waals surface area contributed by atoms with Gasteiger partial charge in [-0.3, -0.25) is 0 Å². The maximum Gasteiger partial charge on any atom is 0.000802 e. The summed E-state index contributed by atoms with van der Waals surface area (Å²) in [5, 5.41) is 7.40. The summed E-state index contributed by atoms with van der Waals surface area (Å²) in [5.74, 6) is 1.84. The maximum atomic E-state index is 3.89. The zero-order valence-electron chi connectivity index (χ0n) is 13.6. The van der Waals surface area contributed by atoms with Crippen LogP contribution in [0.15, 0.2) is 0 Å². The first-order valence-corrected chi connectivity index (χ1v) is 9.06. The molecule has 20 heavy (non-hydrogen) atoms. The van der Waals surface area contributed by atoms with E-state index < -0.39 is 0 Å². The van der Waals surface area contributed by atoms with E-state index in [0.29, 0.717) is 5.41 Å². The highest BCUT2D eigenvalue weighted by Gasteiger charge is 2.53. The van der Waals surface area contributed by atoms with Crippen LogP contribution in [0.5, 0.6) is 0 Å². The molecular weight excluding hydrogens is 244 g/mol. The molecule has 2 heteroatoms. The van der Waals surface area contributed by atoms with Gasteiger partial charge in [-0.2, -0.15) is 0 Å². The van der Waals surface area contributed by atoms with Crippen LogP contribution < -0.4 is 10.6 Å². The Kier molecular flexibility index (Phi) is 4.42. The molecule has 0 bridgehead atoms. The van der Waals surface area contributed by atoms with E-state index in [1.165, 1.54) is 77.5 Å². The lowest BCUT2D eigenvalue weighted by molar-refractivity contribution is 0.220. The van der Waals surface area contributed by atoms with E-state index in [2.05, 4.69) is 24.5 Å². The summed E-state index contributed by atoms with van der Waals surface area (Å²) < 4.78 is 0. The van der Waals surface area contributed by atoms with Crippen molar-refractivity contribution in [2.45, 2.75) is 65.2 Å². The van der Waals surface area contributed by atoms with Gasteiger partial charge < -0.3 is 10.6 Å². The van der Waals surface area contributed by atoms with Gasteiger partial charge >= 0.3 is 0 Å². The highest BCUT2D eigenvalue weighted by atomic mass is 14.9. The molecule has 1 heterocycles. The molecular formula is C18H34N2. The molecule has 1 atom stereocenters. The first kappa shape index (κ1) is 14.8. The Morgan fingerprint density at radius 3 is 2.45 bits per heavy atom. The molecule has 3 aliphatic rings. The van der Waals surface area contributed by atoms with Crippen molar-refractivity contribution in [1.29, 1.82) is 0 Å².